The molecule has 2 aromatic heterocycles. The van der Waals surface area contributed by atoms with Crippen LogP contribution in [0.15, 0.2) is 24.5 Å². The first-order chi connectivity index (χ1) is 9.56. The lowest BCUT2D eigenvalue weighted by Gasteiger charge is -2.14. The highest BCUT2D eigenvalue weighted by atomic mass is 16.3. The van der Waals surface area contributed by atoms with Gasteiger partial charge in [-0.15, -0.1) is 0 Å². The van der Waals surface area contributed by atoms with Gasteiger partial charge in [0.1, 0.15) is 11.6 Å². The van der Waals surface area contributed by atoms with Crippen LogP contribution in [0.2, 0.25) is 0 Å². The lowest BCUT2D eigenvalue weighted by Crippen LogP contribution is -2.24. The molecule has 1 atom stereocenters. The highest BCUT2D eigenvalue weighted by molar-refractivity contribution is 5.27. The zero-order valence-electron chi connectivity index (χ0n) is 12.3. The van der Waals surface area contributed by atoms with Gasteiger partial charge in [-0.2, -0.15) is 0 Å². The maximum atomic E-state index is 9.73. The third-order valence-electron chi connectivity index (χ3n) is 3.31. The Hall–Kier alpha value is -1.88. The molecule has 0 aromatic carbocycles. The largest absolute Gasteiger partial charge is 0.506 e. The fourth-order valence-electron chi connectivity index (χ4n) is 2.17. The van der Waals surface area contributed by atoms with E-state index < -0.39 is 0 Å². The van der Waals surface area contributed by atoms with Crippen LogP contribution in [0.1, 0.15) is 24.1 Å². The van der Waals surface area contributed by atoms with Gasteiger partial charge < -0.3 is 15.0 Å². The number of imidazole rings is 1. The van der Waals surface area contributed by atoms with E-state index >= 15 is 0 Å². The monoisotopic (exact) mass is 274 g/mol. The van der Waals surface area contributed by atoms with E-state index in [1.54, 1.807) is 6.07 Å². The van der Waals surface area contributed by atoms with Crippen LogP contribution in [-0.2, 0) is 13.1 Å². The van der Waals surface area contributed by atoms with E-state index in [0.717, 1.165) is 24.6 Å². The van der Waals surface area contributed by atoms with Crippen LogP contribution < -0.4 is 5.32 Å². The summed E-state index contributed by atoms with van der Waals surface area (Å²) in [5, 5.41) is 13.1. The average molecular weight is 274 g/mol. The first-order valence-corrected chi connectivity index (χ1v) is 6.90. The molecule has 0 radical (unpaired) electrons. The smallest absolute Gasteiger partial charge is 0.138 e. The van der Waals surface area contributed by atoms with Crippen LogP contribution in [0.5, 0.6) is 5.75 Å². The molecule has 0 amide bonds. The molecule has 2 N–H and O–H groups in total. The minimum Gasteiger partial charge on any atom is -0.506 e. The molecule has 0 aliphatic heterocycles. The molecule has 0 saturated heterocycles. The van der Waals surface area contributed by atoms with Crippen molar-refractivity contribution < 1.29 is 5.11 Å². The molecule has 0 saturated carbocycles. The molecular weight excluding hydrogens is 252 g/mol. The lowest BCUT2D eigenvalue weighted by atomic mass is 10.1. The van der Waals surface area contributed by atoms with Crippen molar-refractivity contribution in [2.45, 2.75) is 33.9 Å². The molecule has 2 heterocycles. The van der Waals surface area contributed by atoms with Crippen molar-refractivity contribution in [3.63, 3.8) is 0 Å². The summed E-state index contributed by atoms with van der Waals surface area (Å²) in [6.07, 6.45) is 3.82. The molecule has 5 heteroatoms. The van der Waals surface area contributed by atoms with E-state index in [1.807, 2.05) is 32.3 Å². The summed E-state index contributed by atoms with van der Waals surface area (Å²) >= 11 is 0. The quantitative estimate of drug-likeness (QED) is 0.846. The number of aromatic hydroxyl groups is 1. The van der Waals surface area contributed by atoms with E-state index in [-0.39, 0.29) is 5.75 Å². The van der Waals surface area contributed by atoms with Gasteiger partial charge in [0.05, 0.1) is 5.69 Å². The Kier molecular flexibility index (Phi) is 4.74. The van der Waals surface area contributed by atoms with Gasteiger partial charge in [-0.25, -0.2) is 4.98 Å². The van der Waals surface area contributed by atoms with Gasteiger partial charge in [0.25, 0.3) is 0 Å². The second-order valence-electron chi connectivity index (χ2n) is 5.28. The van der Waals surface area contributed by atoms with Gasteiger partial charge in [-0.05, 0) is 38.4 Å². The van der Waals surface area contributed by atoms with E-state index in [2.05, 4.69) is 26.8 Å². The van der Waals surface area contributed by atoms with Crippen molar-refractivity contribution in [3.05, 3.63) is 41.7 Å². The number of rotatable bonds is 6. The Morgan fingerprint density at radius 3 is 2.85 bits per heavy atom. The molecule has 5 nitrogen and oxygen atoms in total. The van der Waals surface area contributed by atoms with Crippen LogP contribution in [-0.4, -0.2) is 26.2 Å². The molecule has 2 aromatic rings. The fourth-order valence-corrected chi connectivity index (χ4v) is 2.17. The standard InChI is InChI=1S/C15H22N4O/c1-11(10-19-7-6-17-13(19)3)8-16-9-14-15(20)5-4-12(2)18-14/h4-7,11,16,20H,8-10H2,1-3H3. The van der Waals surface area contributed by atoms with E-state index in [0.29, 0.717) is 18.2 Å². The van der Waals surface area contributed by atoms with Gasteiger partial charge in [0.2, 0.25) is 0 Å². The van der Waals surface area contributed by atoms with Crippen molar-refractivity contribution in [3.8, 4) is 5.75 Å². The highest BCUT2D eigenvalue weighted by Gasteiger charge is 2.07. The third-order valence-corrected chi connectivity index (χ3v) is 3.31. The first-order valence-electron chi connectivity index (χ1n) is 6.90. The zero-order chi connectivity index (χ0) is 14.5. The van der Waals surface area contributed by atoms with Crippen LogP contribution in [0, 0.1) is 19.8 Å². The maximum absolute atomic E-state index is 9.73. The van der Waals surface area contributed by atoms with E-state index in [9.17, 15) is 5.11 Å². The fraction of sp³-hybridized carbons (Fsp3) is 0.467. The number of nitrogens with zero attached hydrogens (tertiary/aromatic N) is 3. The Balaban J connectivity index is 1.81. The third kappa shape index (κ3) is 3.81. The van der Waals surface area contributed by atoms with Crippen molar-refractivity contribution in [1.29, 1.82) is 0 Å². The Labute approximate surface area is 119 Å². The van der Waals surface area contributed by atoms with Crippen LogP contribution >= 0.6 is 0 Å². The number of nitrogens with one attached hydrogen (secondary N) is 1. The molecular formula is C15H22N4O. The van der Waals surface area contributed by atoms with E-state index in [1.165, 1.54) is 0 Å². The van der Waals surface area contributed by atoms with Gasteiger partial charge in [-0.3, -0.25) is 4.98 Å². The molecule has 2 rings (SSSR count). The normalized spacial score (nSPS) is 12.6. The SMILES string of the molecule is Cc1ccc(O)c(CNCC(C)Cn2ccnc2C)n1. The second kappa shape index (κ2) is 6.52. The van der Waals surface area contributed by atoms with Crippen molar-refractivity contribution >= 4 is 0 Å². The number of aryl methyl sites for hydroxylation is 2. The summed E-state index contributed by atoms with van der Waals surface area (Å²) < 4.78 is 2.15. The molecule has 1 unspecified atom stereocenters. The Bertz CT molecular complexity index is 565. The lowest BCUT2D eigenvalue weighted by molar-refractivity contribution is 0.428. The Morgan fingerprint density at radius 1 is 1.35 bits per heavy atom. The van der Waals surface area contributed by atoms with Crippen molar-refractivity contribution in [2.75, 3.05) is 6.54 Å². The first kappa shape index (κ1) is 14.5. The number of hydrogen-bond acceptors (Lipinski definition) is 4. The minimum absolute atomic E-state index is 0.251. The molecule has 0 spiro atoms. The topological polar surface area (TPSA) is 63.0 Å². The van der Waals surface area contributed by atoms with Gasteiger partial charge in [-0.1, -0.05) is 6.92 Å². The summed E-state index contributed by atoms with van der Waals surface area (Å²) in [5.74, 6) is 1.77. The van der Waals surface area contributed by atoms with Gasteiger partial charge in [0, 0.05) is 31.2 Å². The molecule has 0 aliphatic rings. The molecule has 0 aliphatic carbocycles. The predicted molar refractivity (Wildman–Crippen MR) is 78.5 cm³/mol. The van der Waals surface area contributed by atoms with Crippen LogP contribution in [0.3, 0.4) is 0 Å². The summed E-state index contributed by atoms with van der Waals surface area (Å²) in [4.78, 5) is 8.55. The predicted octanol–water partition coefficient (Wildman–Crippen LogP) is 2.03. The van der Waals surface area contributed by atoms with Crippen molar-refractivity contribution in [2.24, 2.45) is 5.92 Å². The number of hydrogen-bond donors (Lipinski definition) is 2. The van der Waals surface area contributed by atoms with Crippen molar-refractivity contribution in [1.82, 2.24) is 19.9 Å². The summed E-state index contributed by atoms with van der Waals surface area (Å²) in [6.45, 7) is 8.51. The summed E-state index contributed by atoms with van der Waals surface area (Å²) in [5.41, 5.74) is 1.62. The average Bonchev–Trinajstić information content (AvgIpc) is 2.79. The molecule has 0 fully saturated rings. The molecule has 20 heavy (non-hydrogen) atoms. The van der Waals surface area contributed by atoms with Crippen LogP contribution in [0.25, 0.3) is 0 Å². The second-order valence-corrected chi connectivity index (χ2v) is 5.28. The van der Waals surface area contributed by atoms with Gasteiger partial charge in [0.15, 0.2) is 0 Å². The maximum Gasteiger partial charge on any atom is 0.138 e. The number of pyridine rings is 1. The van der Waals surface area contributed by atoms with Crippen LogP contribution in [0.4, 0.5) is 0 Å². The summed E-state index contributed by atoms with van der Waals surface area (Å²) in [7, 11) is 0. The molecule has 0 bridgehead atoms. The Morgan fingerprint density at radius 2 is 2.15 bits per heavy atom. The molecule has 108 valence electrons. The van der Waals surface area contributed by atoms with E-state index in [4.69, 9.17) is 0 Å². The zero-order valence-corrected chi connectivity index (χ0v) is 12.3. The van der Waals surface area contributed by atoms with Gasteiger partial charge >= 0.3 is 0 Å². The minimum atomic E-state index is 0.251. The number of aromatic nitrogens is 3. The summed E-state index contributed by atoms with van der Waals surface area (Å²) in [6, 6.07) is 3.50. The highest BCUT2D eigenvalue weighted by Crippen LogP contribution is 2.14.